The number of halogens is 1. The average molecular weight is 268 g/mol. The van der Waals surface area contributed by atoms with E-state index in [9.17, 15) is 4.39 Å². The van der Waals surface area contributed by atoms with Crippen molar-refractivity contribution in [2.75, 3.05) is 25.1 Å². The standard InChI is InChI=1S/C13H17FN2OS/c14-11-7-10(13(15)18)1-2-12(11)16-5-3-9-4-6-17-8-9/h1-2,7,9,16H,3-6,8H2,(H2,15,18). The van der Waals surface area contributed by atoms with Gasteiger partial charge in [0.25, 0.3) is 0 Å². The summed E-state index contributed by atoms with van der Waals surface area (Å²) in [4.78, 5) is 0.212. The second-order valence-corrected chi connectivity index (χ2v) is 4.94. The molecule has 0 radical (unpaired) electrons. The third-order valence-electron chi connectivity index (χ3n) is 3.15. The molecule has 1 aliphatic heterocycles. The summed E-state index contributed by atoms with van der Waals surface area (Å²) in [5, 5.41) is 3.09. The zero-order valence-corrected chi connectivity index (χ0v) is 10.9. The van der Waals surface area contributed by atoms with Crippen LogP contribution in [-0.4, -0.2) is 24.7 Å². The van der Waals surface area contributed by atoms with Gasteiger partial charge in [0.05, 0.1) is 5.69 Å². The van der Waals surface area contributed by atoms with Crippen LogP contribution in [0.4, 0.5) is 10.1 Å². The third kappa shape index (κ3) is 3.40. The van der Waals surface area contributed by atoms with Gasteiger partial charge >= 0.3 is 0 Å². The smallest absolute Gasteiger partial charge is 0.146 e. The summed E-state index contributed by atoms with van der Waals surface area (Å²) >= 11 is 4.80. The fraction of sp³-hybridized carbons (Fsp3) is 0.462. The van der Waals surface area contributed by atoms with Crippen molar-refractivity contribution in [1.82, 2.24) is 0 Å². The van der Waals surface area contributed by atoms with E-state index in [1.54, 1.807) is 12.1 Å². The normalized spacial score (nSPS) is 18.8. The number of nitrogens with one attached hydrogen (secondary N) is 1. The van der Waals surface area contributed by atoms with E-state index in [1.807, 2.05) is 0 Å². The average Bonchev–Trinajstić information content (AvgIpc) is 2.84. The molecule has 0 saturated carbocycles. The molecule has 1 fully saturated rings. The number of nitrogens with two attached hydrogens (primary N) is 1. The van der Waals surface area contributed by atoms with Crippen LogP contribution in [0, 0.1) is 11.7 Å². The Morgan fingerprint density at radius 2 is 2.39 bits per heavy atom. The van der Waals surface area contributed by atoms with Gasteiger partial charge in [-0.25, -0.2) is 4.39 Å². The van der Waals surface area contributed by atoms with Gasteiger partial charge in [-0.15, -0.1) is 0 Å². The van der Waals surface area contributed by atoms with E-state index < -0.39 is 0 Å². The molecule has 0 bridgehead atoms. The van der Waals surface area contributed by atoms with Crippen molar-refractivity contribution in [2.45, 2.75) is 12.8 Å². The summed E-state index contributed by atoms with van der Waals surface area (Å²) in [6.45, 7) is 2.42. The Kier molecular flexibility index (Phi) is 4.49. The Bertz CT molecular complexity index is 433. The minimum atomic E-state index is -0.317. The highest BCUT2D eigenvalue weighted by molar-refractivity contribution is 7.80. The van der Waals surface area contributed by atoms with Gasteiger partial charge in [0.15, 0.2) is 0 Å². The Balaban J connectivity index is 1.87. The molecule has 1 atom stereocenters. The number of anilines is 1. The largest absolute Gasteiger partial charge is 0.389 e. The van der Waals surface area contributed by atoms with E-state index in [0.29, 0.717) is 17.2 Å². The molecular weight excluding hydrogens is 251 g/mol. The maximum absolute atomic E-state index is 13.7. The highest BCUT2D eigenvalue weighted by atomic mass is 32.1. The number of benzene rings is 1. The number of ether oxygens (including phenoxy) is 1. The van der Waals surface area contributed by atoms with Crippen molar-refractivity contribution in [3.63, 3.8) is 0 Å². The van der Waals surface area contributed by atoms with Crippen LogP contribution in [0.1, 0.15) is 18.4 Å². The second kappa shape index (κ2) is 6.11. The highest BCUT2D eigenvalue weighted by Gasteiger charge is 2.15. The molecular formula is C13H17FN2OS. The van der Waals surface area contributed by atoms with Crippen molar-refractivity contribution >= 4 is 22.9 Å². The van der Waals surface area contributed by atoms with Crippen LogP contribution in [0.2, 0.25) is 0 Å². The predicted molar refractivity (Wildman–Crippen MR) is 74.3 cm³/mol. The first-order chi connectivity index (χ1) is 8.66. The van der Waals surface area contributed by atoms with Gasteiger partial charge in [-0.2, -0.15) is 0 Å². The lowest BCUT2D eigenvalue weighted by molar-refractivity contribution is 0.185. The molecule has 0 aromatic heterocycles. The maximum Gasteiger partial charge on any atom is 0.146 e. The van der Waals surface area contributed by atoms with Crippen molar-refractivity contribution < 1.29 is 9.13 Å². The minimum absolute atomic E-state index is 0.212. The molecule has 3 nitrogen and oxygen atoms in total. The lowest BCUT2D eigenvalue weighted by atomic mass is 10.1. The highest BCUT2D eigenvalue weighted by Crippen LogP contribution is 2.19. The molecule has 98 valence electrons. The number of hydrogen-bond acceptors (Lipinski definition) is 3. The van der Waals surface area contributed by atoms with E-state index in [1.165, 1.54) is 6.07 Å². The molecule has 5 heteroatoms. The molecule has 3 N–H and O–H groups in total. The summed E-state index contributed by atoms with van der Waals surface area (Å²) in [7, 11) is 0. The summed E-state index contributed by atoms with van der Waals surface area (Å²) in [5.74, 6) is 0.277. The molecule has 0 amide bonds. The van der Waals surface area contributed by atoms with E-state index in [4.69, 9.17) is 22.7 Å². The zero-order chi connectivity index (χ0) is 13.0. The molecule has 18 heavy (non-hydrogen) atoms. The molecule has 1 aromatic carbocycles. The van der Waals surface area contributed by atoms with E-state index in [2.05, 4.69) is 5.32 Å². The van der Waals surface area contributed by atoms with Gasteiger partial charge in [0.1, 0.15) is 10.8 Å². The van der Waals surface area contributed by atoms with Crippen LogP contribution in [-0.2, 0) is 4.74 Å². The first kappa shape index (κ1) is 13.2. The van der Waals surface area contributed by atoms with Crippen LogP contribution in [0.15, 0.2) is 18.2 Å². The quantitative estimate of drug-likeness (QED) is 0.804. The fourth-order valence-corrected chi connectivity index (χ4v) is 2.16. The van der Waals surface area contributed by atoms with Crippen molar-refractivity contribution in [1.29, 1.82) is 0 Å². The van der Waals surface area contributed by atoms with Crippen molar-refractivity contribution in [3.05, 3.63) is 29.6 Å². The van der Waals surface area contributed by atoms with Crippen LogP contribution in [0.5, 0.6) is 0 Å². The number of rotatable bonds is 5. The maximum atomic E-state index is 13.7. The van der Waals surface area contributed by atoms with Gasteiger partial charge < -0.3 is 15.8 Å². The predicted octanol–water partition coefficient (Wildman–Crippen LogP) is 2.30. The third-order valence-corrected chi connectivity index (χ3v) is 3.38. The fourth-order valence-electron chi connectivity index (χ4n) is 2.03. The molecule has 0 spiro atoms. The van der Waals surface area contributed by atoms with Crippen LogP contribution in [0.25, 0.3) is 0 Å². The van der Waals surface area contributed by atoms with Gasteiger partial charge in [0, 0.05) is 25.3 Å². The summed E-state index contributed by atoms with van der Waals surface area (Å²) in [6, 6.07) is 4.77. The SMILES string of the molecule is NC(=S)c1ccc(NCCC2CCOC2)c(F)c1. The monoisotopic (exact) mass is 268 g/mol. The van der Waals surface area contributed by atoms with Gasteiger partial charge in [0.2, 0.25) is 0 Å². The summed E-state index contributed by atoms with van der Waals surface area (Å²) in [6.07, 6.45) is 2.10. The molecule has 1 saturated heterocycles. The topological polar surface area (TPSA) is 47.3 Å². The summed E-state index contributed by atoms with van der Waals surface area (Å²) in [5.41, 5.74) is 6.49. The molecule has 1 heterocycles. The Hall–Kier alpha value is -1.20. The Morgan fingerprint density at radius 1 is 1.56 bits per heavy atom. The molecule has 2 rings (SSSR count). The second-order valence-electron chi connectivity index (χ2n) is 4.50. The molecule has 1 aliphatic rings. The summed E-state index contributed by atoms with van der Waals surface area (Å²) < 4.78 is 19.0. The molecule has 1 unspecified atom stereocenters. The molecule has 1 aromatic rings. The van der Waals surface area contributed by atoms with Crippen LogP contribution < -0.4 is 11.1 Å². The number of thiocarbonyl (C=S) groups is 1. The zero-order valence-electron chi connectivity index (χ0n) is 10.1. The minimum Gasteiger partial charge on any atom is -0.389 e. The van der Waals surface area contributed by atoms with Crippen molar-refractivity contribution in [3.8, 4) is 0 Å². The Labute approximate surface area is 112 Å². The lowest BCUT2D eigenvalue weighted by Gasteiger charge is -2.11. The Morgan fingerprint density at radius 3 is 3.00 bits per heavy atom. The van der Waals surface area contributed by atoms with Gasteiger partial charge in [-0.3, -0.25) is 0 Å². The van der Waals surface area contributed by atoms with E-state index in [-0.39, 0.29) is 10.8 Å². The first-order valence-corrected chi connectivity index (χ1v) is 6.48. The number of hydrogen-bond donors (Lipinski definition) is 2. The first-order valence-electron chi connectivity index (χ1n) is 6.08. The van der Waals surface area contributed by atoms with E-state index in [0.717, 1.165) is 32.6 Å². The van der Waals surface area contributed by atoms with Crippen LogP contribution in [0.3, 0.4) is 0 Å². The van der Waals surface area contributed by atoms with E-state index >= 15 is 0 Å². The van der Waals surface area contributed by atoms with Gasteiger partial charge in [-0.05, 0) is 37.0 Å². The lowest BCUT2D eigenvalue weighted by Crippen LogP contribution is -2.12. The van der Waals surface area contributed by atoms with Crippen LogP contribution >= 0.6 is 12.2 Å². The molecule has 0 aliphatic carbocycles. The van der Waals surface area contributed by atoms with Crippen molar-refractivity contribution in [2.24, 2.45) is 11.7 Å². The van der Waals surface area contributed by atoms with Gasteiger partial charge in [-0.1, -0.05) is 12.2 Å².